The number of hydrogen-bond acceptors (Lipinski definition) is 5. The molecule has 0 amide bonds. The maximum absolute atomic E-state index is 10.9. The highest BCUT2D eigenvalue weighted by Gasteiger charge is 2.25. The Hall–Kier alpha value is -2.63. The molecule has 2 heterocycles. The molecule has 1 atom stereocenters. The van der Waals surface area contributed by atoms with Crippen LogP contribution in [-0.2, 0) is 6.54 Å². The number of fused-ring (bicyclic) bond motifs is 1. The van der Waals surface area contributed by atoms with Crippen molar-refractivity contribution in [2.75, 3.05) is 17.2 Å². The largest absolute Gasteiger partial charge is 0.487 e. The fraction of sp³-hybridized carbons (Fsp3) is 0.267. The molecule has 0 radical (unpaired) electrons. The number of nitrogens with two attached hydrogens (primary N) is 1. The minimum absolute atomic E-state index is 0.0215. The second kappa shape index (κ2) is 5.05. The van der Waals surface area contributed by atoms with Gasteiger partial charge in [0.25, 0.3) is 0 Å². The first-order valence-electron chi connectivity index (χ1n) is 6.66. The molecular formula is C15H16N2O4. The van der Waals surface area contributed by atoms with Gasteiger partial charge >= 0.3 is 5.97 Å². The molecular weight excluding hydrogens is 272 g/mol. The van der Waals surface area contributed by atoms with E-state index in [4.69, 9.17) is 20.0 Å². The molecule has 1 aliphatic rings. The van der Waals surface area contributed by atoms with Gasteiger partial charge in [0.15, 0.2) is 0 Å². The summed E-state index contributed by atoms with van der Waals surface area (Å²) in [6, 6.07) is 8.66. The van der Waals surface area contributed by atoms with Crippen LogP contribution in [0.3, 0.4) is 0 Å². The van der Waals surface area contributed by atoms with E-state index >= 15 is 0 Å². The van der Waals surface area contributed by atoms with Crippen LogP contribution in [0.5, 0.6) is 5.75 Å². The standard InChI is InChI=1S/C15H16N2O4/c1-9-7-17(8-10-5-6-13(21-10)15(18)19)14-11(16)3-2-4-12(14)20-9/h2-6,9H,7-8,16H2,1H3,(H,18,19). The molecule has 3 N–H and O–H groups in total. The fourth-order valence-electron chi connectivity index (χ4n) is 2.54. The van der Waals surface area contributed by atoms with Gasteiger partial charge in [0.1, 0.15) is 23.3 Å². The van der Waals surface area contributed by atoms with Crippen molar-refractivity contribution in [2.45, 2.75) is 19.6 Å². The maximum atomic E-state index is 10.9. The molecule has 21 heavy (non-hydrogen) atoms. The van der Waals surface area contributed by atoms with E-state index in [2.05, 4.69) is 0 Å². The average molecular weight is 288 g/mol. The highest BCUT2D eigenvalue weighted by atomic mass is 16.5. The molecule has 0 bridgehead atoms. The highest BCUT2D eigenvalue weighted by molar-refractivity contribution is 5.84. The van der Waals surface area contributed by atoms with Crippen LogP contribution >= 0.6 is 0 Å². The van der Waals surface area contributed by atoms with Crippen molar-refractivity contribution in [3.05, 3.63) is 41.9 Å². The Labute approximate surface area is 121 Å². The Morgan fingerprint density at radius 3 is 2.95 bits per heavy atom. The summed E-state index contributed by atoms with van der Waals surface area (Å²) in [5, 5.41) is 8.90. The van der Waals surface area contributed by atoms with Gasteiger partial charge in [-0.3, -0.25) is 0 Å². The van der Waals surface area contributed by atoms with Gasteiger partial charge in [-0.25, -0.2) is 4.79 Å². The summed E-state index contributed by atoms with van der Waals surface area (Å²) in [4.78, 5) is 12.9. The molecule has 2 aromatic rings. The molecule has 0 saturated heterocycles. The van der Waals surface area contributed by atoms with E-state index in [1.807, 2.05) is 30.0 Å². The topological polar surface area (TPSA) is 88.9 Å². The van der Waals surface area contributed by atoms with E-state index in [0.717, 1.165) is 11.4 Å². The zero-order valence-corrected chi connectivity index (χ0v) is 11.6. The zero-order chi connectivity index (χ0) is 15.0. The van der Waals surface area contributed by atoms with Crippen LogP contribution in [0, 0.1) is 0 Å². The molecule has 6 nitrogen and oxygen atoms in total. The number of anilines is 2. The SMILES string of the molecule is CC1CN(Cc2ccc(C(=O)O)o2)c2c(N)cccc2O1. The number of carboxylic acids is 1. The molecule has 6 heteroatoms. The normalized spacial score (nSPS) is 17.2. The number of nitrogen functional groups attached to an aromatic ring is 1. The predicted octanol–water partition coefficient (Wildman–Crippen LogP) is 2.35. The number of carbonyl (C=O) groups is 1. The average Bonchev–Trinajstić information content (AvgIpc) is 2.87. The third kappa shape index (κ3) is 2.52. The summed E-state index contributed by atoms with van der Waals surface area (Å²) in [6.07, 6.45) is 0.0215. The van der Waals surface area contributed by atoms with Crippen molar-refractivity contribution in [1.82, 2.24) is 0 Å². The van der Waals surface area contributed by atoms with Gasteiger partial charge in [0, 0.05) is 0 Å². The van der Waals surface area contributed by atoms with Crippen LogP contribution < -0.4 is 15.4 Å². The van der Waals surface area contributed by atoms with Crippen molar-refractivity contribution < 1.29 is 19.1 Å². The van der Waals surface area contributed by atoms with Crippen LogP contribution in [0.4, 0.5) is 11.4 Å². The van der Waals surface area contributed by atoms with Crippen LogP contribution in [0.15, 0.2) is 34.7 Å². The lowest BCUT2D eigenvalue weighted by Gasteiger charge is -2.35. The predicted molar refractivity (Wildman–Crippen MR) is 77.7 cm³/mol. The number of benzene rings is 1. The first-order chi connectivity index (χ1) is 10.0. The van der Waals surface area contributed by atoms with Crippen LogP contribution in [0.25, 0.3) is 0 Å². The number of carboxylic acid groups (broad SMARTS) is 1. The van der Waals surface area contributed by atoms with Crippen molar-refractivity contribution in [1.29, 1.82) is 0 Å². The Kier molecular flexibility index (Phi) is 3.21. The number of hydrogen-bond donors (Lipinski definition) is 2. The number of aromatic carboxylic acids is 1. The summed E-state index contributed by atoms with van der Waals surface area (Å²) in [6.45, 7) is 3.08. The van der Waals surface area contributed by atoms with Crippen LogP contribution in [0.1, 0.15) is 23.2 Å². The minimum Gasteiger partial charge on any atom is -0.487 e. The van der Waals surface area contributed by atoms with E-state index in [1.54, 1.807) is 6.07 Å². The van der Waals surface area contributed by atoms with E-state index in [9.17, 15) is 4.79 Å². The second-order valence-corrected chi connectivity index (χ2v) is 5.07. The van der Waals surface area contributed by atoms with Gasteiger partial charge in [-0.15, -0.1) is 0 Å². The molecule has 1 aliphatic heterocycles. The smallest absolute Gasteiger partial charge is 0.371 e. The van der Waals surface area contributed by atoms with Gasteiger partial charge in [0.05, 0.1) is 18.8 Å². The summed E-state index contributed by atoms with van der Waals surface area (Å²) < 4.78 is 11.1. The lowest BCUT2D eigenvalue weighted by molar-refractivity contribution is 0.0660. The molecule has 0 fully saturated rings. The van der Waals surface area contributed by atoms with Crippen molar-refractivity contribution in [3.8, 4) is 5.75 Å². The third-order valence-corrected chi connectivity index (χ3v) is 3.37. The van der Waals surface area contributed by atoms with E-state index in [1.165, 1.54) is 6.07 Å². The molecule has 3 rings (SSSR count). The molecule has 1 aromatic carbocycles. The van der Waals surface area contributed by atoms with Gasteiger partial charge in [-0.05, 0) is 31.2 Å². The molecule has 0 saturated carbocycles. The molecule has 110 valence electrons. The lowest BCUT2D eigenvalue weighted by atomic mass is 10.1. The molecule has 1 aromatic heterocycles. The summed E-state index contributed by atoms with van der Waals surface area (Å²) in [5.41, 5.74) is 7.49. The second-order valence-electron chi connectivity index (χ2n) is 5.07. The van der Waals surface area contributed by atoms with Crippen molar-refractivity contribution in [3.63, 3.8) is 0 Å². The van der Waals surface area contributed by atoms with E-state index < -0.39 is 5.97 Å². The highest BCUT2D eigenvalue weighted by Crippen LogP contribution is 2.39. The first kappa shape index (κ1) is 13.4. The Bertz CT molecular complexity index is 680. The third-order valence-electron chi connectivity index (χ3n) is 3.37. The van der Waals surface area contributed by atoms with Crippen molar-refractivity contribution in [2.24, 2.45) is 0 Å². The lowest BCUT2D eigenvalue weighted by Crippen LogP contribution is -2.38. The monoisotopic (exact) mass is 288 g/mol. The summed E-state index contributed by atoms with van der Waals surface area (Å²) in [5.74, 6) is 0.179. The number of furan rings is 1. The molecule has 1 unspecified atom stereocenters. The van der Waals surface area contributed by atoms with Crippen molar-refractivity contribution >= 4 is 17.3 Å². The number of rotatable bonds is 3. The van der Waals surface area contributed by atoms with E-state index in [0.29, 0.717) is 24.5 Å². The number of nitrogens with zero attached hydrogens (tertiary/aromatic N) is 1. The first-order valence-corrected chi connectivity index (χ1v) is 6.66. The van der Waals surface area contributed by atoms with Crippen LogP contribution in [0.2, 0.25) is 0 Å². The number of ether oxygens (including phenoxy) is 1. The van der Waals surface area contributed by atoms with Crippen LogP contribution in [-0.4, -0.2) is 23.7 Å². The maximum Gasteiger partial charge on any atom is 0.371 e. The minimum atomic E-state index is -1.07. The summed E-state index contributed by atoms with van der Waals surface area (Å²) in [7, 11) is 0. The molecule has 0 aliphatic carbocycles. The Morgan fingerprint density at radius 1 is 1.43 bits per heavy atom. The molecule has 0 spiro atoms. The Morgan fingerprint density at radius 2 is 2.24 bits per heavy atom. The Balaban J connectivity index is 1.90. The van der Waals surface area contributed by atoms with Gasteiger partial charge in [-0.2, -0.15) is 0 Å². The van der Waals surface area contributed by atoms with Gasteiger partial charge < -0.3 is 24.9 Å². The number of para-hydroxylation sites is 1. The van der Waals surface area contributed by atoms with Gasteiger partial charge in [-0.1, -0.05) is 6.07 Å². The van der Waals surface area contributed by atoms with Gasteiger partial charge in [0.2, 0.25) is 5.76 Å². The zero-order valence-electron chi connectivity index (χ0n) is 11.6. The fourth-order valence-corrected chi connectivity index (χ4v) is 2.54. The van der Waals surface area contributed by atoms with E-state index in [-0.39, 0.29) is 11.9 Å². The summed E-state index contributed by atoms with van der Waals surface area (Å²) >= 11 is 0. The quantitative estimate of drug-likeness (QED) is 0.843.